The molecule has 0 saturated carbocycles. The number of rotatable bonds is 6. The number of hydrogen-bond acceptors (Lipinski definition) is 3. The molecule has 2 atom stereocenters. The summed E-state index contributed by atoms with van der Waals surface area (Å²) in [6, 6.07) is 23.4. The Balaban J connectivity index is 1.34. The molecule has 2 heterocycles. The zero-order valence-electron chi connectivity index (χ0n) is 17.7. The molecule has 5 rings (SSSR count). The minimum Gasteiger partial charge on any atom is -0.361 e. The van der Waals surface area contributed by atoms with Crippen molar-refractivity contribution in [3.63, 3.8) is 0 Å². The maximum atomic E-state index is 12.9. The van der Waals surface area contributed by atoms with Crippen LogP contribution in [0.25, 0.3) is 10.9 Å². The van der Waals surface area contributed by atoms with Crippen LogP contribution in [-0.2, 0) is 9.59 Å². The van der Waals surface area contributed by atoms with E-state index in [2.05, 4.69) is 21.7 Å². The second-order valence-corrected chi connectivity index (χ2v) is 9.62. The van der Waals surface area contributed by atoms with Crippen molar-refractivity contribution in [2.75, 3.05) is 11.9 Å². The molecule has 166 valence electrons. The fourth-order valence-corrected chi connectivity index (χ4v) is 5.59. The van der Waals surface area contributed by atoms with Gasteiger partial charge in [0, 0.05) is 45.9 Å². The number of carbonyl (C=O) groups is 2. The number of carbonyl (C=O) groups excluding carboxylic acids is 2. The average molecular weight is 476 g/mol. The zero-order valence-corrected chi connectivity index (χ0v) is 19.2. The third-order valence-corrected chi connectivity index (χ3v) is 7.48. The molecule has 7 heteroatoms. The van der Waals surface area contributed by atoms with E-state index >= 15 is 0 Å². The third-order valence-electron chi connectivity index (χ3n) is 5.86. The number of hydrogen-bond donors (Lipinski definition) is 3. The lowest BCUT2D eigenvalue weighted by molar-refractivity contribution is -0.124. The van der Waals surface area contributed by atoms with E-state index in [1.54, 1.807) is 0 Å². The Kier molecular flexibility index (Phi) is 6.11. The lowest BCUT2D eigenvalue weighted by atomic mass is 9.90. The van der Waals surface area contributed by atoms with Gasteiger partial charge in [-0.2, -0.15) is 0 Å². The van der Waals surface area contributed by atoms with Gasteiger partial charge in [-0.15, -0.1) is 11.8 Å². The number of anilines is 1. The van der Waals surface area contributed by atoms with Crippen LogP contribution in [0, 0.1) is 0 Å². The van der Waals surface area contributed by atoms with Crippen LogP contribution < -0.4 is 10.6 Å². The summed E-state index contributed by atoms with van der Waals surface area (Å²) in [5.74, 6) is -0.445. The van der Waals surface area contributed by atoms with Gasteiger partial charge in [-0.25, -0.2) is 0 Å². The van der Waals surface area contributed by atoms with Crippen LogP contribution in [0.15, 0.2) is 83.9 Å². The Bertz CT molecular complexity index is 1340. The van der Waals surface area contributed by atoms with Gasteiger partial charge >= 0.3 is 0 Å². The van der Waals surface area contributed by atoms with E-state index in [4.69, 9.17) is 11.6 Å². The van der Waals surface area contributed by atoms with E-state index in [-0.39, 0.29) is 24.2 Å². The normalized spacial score (nSPS) is 16.2. The minimum atomic E-state index is -0.466. The molecule has 0 fully saturated rings. The third kappa shape index (κ3) is 4.49. The van der Waals surface area contributed by atoms with Crippen LogP contribution in [0.2, 0.25) is 5.02 Å². The first-order valence-electron chi connectivity index (χ1n) is 10.7. The van der Waals surface area contributed by atoms with Gasteiger partial charge in [0.15, 0.2) is 0 Å². The van der Waals surface area contributed by atoms with Gasteiger partial charge in [-0.1, -0.05) is 60.1 Å². The lowest BCUT2D eigenvalue weighted by Crippen LogP contribution is -2.36. The minimum absolute atomic E-state index is 0.105. The van der Waals surface area contributed by atoms with Crippen molar-refractivity contribution in [3.05, 3.63) is 95.1 Å². The standard InChI is InChI=1S/C26H22ClN3O2S/c27-20-9-3-1-7-16(20)18(19-14-28-21-10-4-2-8-17(19)21)15-29-25(31)13-24-26(32)30-22-11-5-6-12-23(22)33-24/h1-12,14,18,24,28H,13,15H2,(H,29,31)(H,30,32). The quantitative estimate of drug-likeness (QED) is 0.341. The number of aromatic amines is 1. The lowest BCUT2D eigenvalue weighted by Gasteiger charge is -2.24. The number of amides is 2. The summed E-state index contributed by atoms with van der Waals surface area (Å²) in [5.41, 5.74) is 3.84. The molecule has 3 aromatic carbocycles. The van der Waals surface area contributed by atoms with Crippen LogP contribution in [-0.4, -0.2) is 28.6 Å². The summed E-state index contributed by atoms with van der Waals surface area (Å²) in [6.45, 7) is 0.375. The second-order valence-electron chi connectivity index (χ2n) is 7.96. The molecule has 0 bridgehead atoms. The molecule has 1 aliphatic heterocycles. The summed E-state index contributed by atoms with van der Waals surface area (Å²) in [7, 11) is 0. The molecule has 0 aliphatic carbocycles. The van der Waals surface area contributed by atoms with Crippen molar-refractivity contribution in [3.8, 4) is 0 Å². The van der Waals surface area contributed by atoms with Crippen LogP contribution in [0.3, 0.4) is 0 Å². The fraction of sp³-hybridized carbons (Fsp3) is 0.154. The number of para-hydroxylation sites is 2. The van der Waals surface area contributed by atoms with Crippen molar-refractivity contribution < 1.29 is 9.59 Å². The summed E-state index contributed by atoms with van der Waals surface area (Å²) in [4.78, 5) is 29.7. The molecule has 4 aromatic rings. The molecule has 0 saturated heterocycles. The SMILES string of the molecule is O=C(CC1Sc2ccccc2NC1=O)NCC(c1ccccc1Cl)c1c[nH]c2ccccc12. The first-order chi connectivity index (χ1) is 16.1. The highest BCUT2D eigenvalue weighted by atomic mass is 35.5. The topological polar surface area (TPSA) is 74.0 Å². The molecule has 33 heavy (non-hydrogen) atoms. The Morgan fingerprint density at radius 1 is 1.00 bits per heavy atom. The highest BCUT2D eigenvalue weighted by molar-refractivity contribution is 8.01. The zero-order chi connectivity index (χ0) is 22.8. The molecule has 3 N–H and O–H groups in total. The molecule has 0 spiro atoms. The average Bonchev–Trinajstić information content (AvgIpc) is 3.25. The van der Waals surface area contributed by atoms with E-state index in [1.165, 1.54) is 11.8 Å². The molecule has 2 unspecified atom stereocenters. The summed E-state index contributed by atoms with van der Waals surface area (Å²) in [5, 5.41) is 7.22. The Labute approximate surface area is 200 Å². The van der Waals surface area contributed by atoms with Gasteiger partial charge in [0.1, 0.15) is 0 Å². The van der Waals surface area contributed by atoms with E-state index in [0.717, 1.165) is 32.6 Å². The largest absolute Gasteiger partial charge is 0.361 e. The highest BCUT2D eigenvalue weighted by Gasteiger charge is 2.29. The Morgan fingerprint density at radius 3 is 2.64 bits per heavy atom. The van der Waals surface area contributed by atoms with Gasteiger partial charge in [-0.3, -0.25) is 9.59 Å². The Hall–Kier alpha value is -3.22. The fourth-order valence-electron chi connectivity index (χ4n) is 4.21. The summed E-state index contributed by atoms with van der Waals surface area (Å²) in [6.07, 6.45) is 2.08. The predicted molar refractivity (Wildman–Crippen MR) is 134 cm³/mol. The van der Waals surface area contributed by atoms with Gasteiger partial charge < -0.3 is 15.6 Å². The van der Waals surface area contributed by atoms with Crippen LogP contribution in [0.5, 0.6) is 0 Å². The number of nitrogens with one attached hydrogen (secondary N) is 3. The van der Waals surface area contributed by atoms with Crippen molar-refractivity contribution >= 4 is 51.8 Å². The van der Waals surface area contributed by atoms with E-state index in [0.29, 0.717) is 11.6 Å². The van der Waals surface area contributed by atoms with Gasteiger partial charge in [0.25, 0.3) is 0 Å². The highest BCUT2D eigenvalue weighted by Crippen LogP contribution is 2.37. The predicted octanol–water partition coefficient (Wildman–Crippen LogP) is 5.57. The van der Waals surface area contributed by atoms with E-state index < -0.39 is 5.25 Å². The number of halogens is 1. The molecular formula is C26H22ClN3O2S. The maximum Gasteiger partial charge on any atom is 0.238 e. The van der Waals surface area contributed by atoms with Crippen LogP contribution in [0.4, 0.5) is 5.69 Å². The van der Waals surface area contributed by atoms with Crippen LogP contribution in [0.1, 0.15) is 23.5 Å². The smallest absolute Gasteiger partial charge is 0.238 e. The van der Waals surface area contributed by atoms with Crippen molar-refractivity contribution in [2.45, 2.75) is 22.5 Å². The number of fused-ring (bicyclic) bond motifs is 2. The molecule has 1 aromatic heterocycles. The molecule has 5 nitrogen and oxygen atoms in total. The molecule has 0 radical (unpaired) electrons. The van der Waals surface area contributed by atoms with Gasteiger partial charge in [0.05, 0.1) is 10.9 Å². The summed E-state index contributed by atoms with van der Waals surface area (Å²) < 4.78 is 0. The molecule has 2 amide bonds. The maximum absolute atomic E-state index is 12.9. The van der Waals surface area contributed by atoms with Crippen molar-refractivity contribution in [1.82, 2.24) is 10.3 Å². The van der Waals surface area contributed by atoms with Crippen LogP contribution >= 0.6 is 23.4 Å². The number of H-pyrrole nitrogens is 1. The van der Waals surface area contributed by atoms with Gasteiger partial charge in [0.2, 0.25) is 11.8 Å². The monoisotopic (exact) mass is 475 g/mol. The Morgan fingerprint density at radius 2 is 1.76 bits per heavy atom. The number of aromatic nitrogens is 1. The first kappa shape index (κ1) is 21.6. The van der Waals surface area contributed by atoms with E-state index in [1.807, 2.05) is 72.9 Å². The van der Waals surface area contributed by atoms with Gasteiger partial charge in [-0.05, 0) is 35.4 Å². The molecule has 1 aliphatic rings. The molecular weight excluding hydrogens is 454 g/mol. The van der Waals surface area contributed by atoms with Crippen molar-refractivity contribution in [1.29, 1.82) is 0 Å². The van der Waals surface area contributed by atoms with E-state index in [9.17, 15) is 9.59 Å². The summed E-state index contributed by atoms with van der Waals surface area (Å²) >= 11 is 7.97. The first-order valence-corrected chi connectivity index (χ1v) is 12.0. The second kappa shape index (κ2) is 9.33. The number of benzene rings is 3. The van der Waals surface area contributed by atoms with Crippen molar-refractivity contribution in [2.24, 2.45) is 0 Å². The number of thioether (sulfide) groups is 1.